The first kappa shape index (κ1) is 17.7. The van der Waals surface area contributed by atoms with Gasteiger partial charge in [-0.05, 0) is 24.1 Å². The van der Waals surface area contributed by atoms with E-state index in [-0.39, 0.29) is 29.5 Å². The average Bonchev–Trinajstić information content (AvgIpc) is 3.26. The lowest BCUT2D eigenvalue weighted by molar-refractivity contribution is -0.117. The van der Waals surface area contributed by atoms with E-state index < -0.39 is 11.9 Å². The standard InChI is InChI=1S/C19H20N2O5/c1-2-15-14(19(24)25)10-16(26-15)18(23)20-11-12-5-3-6-13(9-12)21-8-4-7-17(21)22/h3,5-6,9-10H,2,4,7-8,11H2,1H3,(H,20,23)(H,24,25). The molecule has 0 bridgehead atoms. The second-order valence-corrected chi connectivity index (χ2v) is 6.11. The number of nitrogens with zero attached hydrogens (tertiary/aromatic N) is 1. The van der Waals surface area contributed by atoms with Crippen LogP contribution in [0.3, 0.4) is 0 Å². The Morgan fingerprint density at radius 1 is 1.31 bits per heavy atom. The van der Waals surface area contributed by atoms with E-state index in [1.165, 1.54) is 6.07 Å². The van der Waals surface area contributed by atoms with Crippen LogP contribution in [-0.4, -0.2) is 29.4 Å². The van der Waals surface area contributed by atoms with Gasteiger partial charge in [0, 0.05) is 37.7 Å². The minimum absolute atomic E-state index is 0.00666. The van der Waals surface area contributed by atoms with Crippen LogP contribution in [0.5, 0.6) is 0 Å². The molecule has 3 rings (SSSR count). The molecule has 0 atom stereocenters. The number of hydrogen-bond donors (Lipinski definition) is 2. The van der Waals surface area contributed by atoms with Crippen LogP contribution in [0, 0.1) is 0 Å². The molecule has 0 radical (unpaired) electrons. The Morgan fingerprint density at radius 3 is 2.73 bits per heavy atom. The van der Waals surface area contributed by atoms with Crippen LogP contribution >= 0.6 is 0 Å². The number of aryl methyl sites for hydroxylation is 1. The summed E-state index contributed by atoms with van der Waals surface area (Å²) in [5.74, 6) is -1.24. The topological polar surface area (TPSA) is 99.9 Å². The first-order chi connectivity index (χ1) is 12.5. The molecule has 136 valence electrons. The largest absolute Gasteiger partial charge is 0.478 e. The number of furan rings is 1. The van der Waals surface area contributed by atoms with Gasteiger partial charge in [-0.1, -0.05) is 19.1 Å². The second kappa shape index (κ2) is 7.43. The van der Waals surface area contributed by atoms with E-state index in [1.807, 2.05) is 24.3 Å². The van der Waals surface area contributed by atoms with Gasteiger partial charge >= 0.3 is 5.97 Å². The third kappa shape index (κ3) is 3.61. The van der Waals surface area contributed by atoms with Crippen LogP contribution in [0.2, 0.25) is 0 Å². The zero-order valence-electron chi connectivity index (χ0n) is 14.4. The summed E-state index contributed by atoms with van der Waals surface area (Å²) >= 11 is 0. The third-order valence-electron chi connectivity index (χ3n) is 4.33. The highest BCUT2D eigenvalue weighted by atomic mass is 16.4. The van der Waals surface area contributed by atoms with Crippen molar-refractivity contribution < 1.29 is 23.9 Å². The van der Waals surface area contributed by atoms with Crippen molar-refractivity contribution in [2.45, 2.75) is 32.7 Å². The summed E-state index contributed by atoms with van der Waals surface area (Å²) in [6.07, 6.45) is 1.80. The first-order valence-corrected chi connectivity index (χ1v) is 8.53. The number of rotatable bonds is 6. The molecule has 1 aliphatic rings. The maximum absolute atomic E-state index is 12.3. The maximum Gasteiger partial charge on any atom is 0.339 e. The van der Waals surface area contributed by atoms with Gasteiger partial charge in [0.15, 0.2) is 5.76 Å². The Bertz CT molecular complexity index is 855. The summed E-state index contributed by atoms with van der Waals surface area (Å²) < 4.78 is 5.35. The number of carbonyl (C=O) groups excluding carboxylic acids is 2. The van der Waals surface area contributed by atoms with Gasteiger partial charge in [-0.3, -0.25) is 9.59 Å². The molecule has 26 heavy (non-hydrogen) atoms. The highest BCUT2D eigenvalue weighted by molar-refractivity contribution is 5.96. The van der Waals surface area contributed by atoms with E-state index >= 15 is 0 Å². The molecule has 0 aliphatic carbocycles. The van der Waals surface area contributed by atoms with Gasteiger partial charge < -0.3 is 19.7 Å². The number of benzene rings is 1. The molecule has 0 spiro atoms. The Morgan fingerprint density at radius 2 is 2.12 bits per heavy atom. The zero-order valence-corrected chi connectivity index (χ0v) is 14.4. The lowest BCUT2D eigenvalue weighted by Gasteiger charge is -2.16. The molecule has 0 unspecified atom stereocenters. The molecule has 2 amide bonds. The number of nitrogens with one attached hydrogen (secondary N) is 1. The predicted molar refractivity (Wildman–Crippen MR) is 94.2 cm³/mol. The monoisotopic (exact) mass is 356 g/mol. The van der Waals surface area contributed by atoms with E-state index in [4.69, 9.17) is 9.52 Å². The summed E-state index contributed by atoms with van der Waals surface area (Å²) in [4.78, 5) is 37.0. The number of carbonyl (C=O) groups is 3. The van der Waals surface area contributed by atoms with E-state index in [1.54, 1.807) is 11.8 Å². The number of carboxylic acids is 1. The van der Waals surface area contributed by atoms with Crippen molar-refractivity contribution in [3.8, 4) is 0 Å². The first-order valence-electron chi connectivity index (χ1n) is 8.53. The van der Waals surface area contributed by atoms with Crippen molar-refractivity contribution in [1.29, 1.82) is 0 Å². The van der Waals surface area contributed by atoms with Crippen molar-refractivity contribution in [1.82, 2.24) is 5.32 Å². The SMILES string of the molecule is CCc1oc(C(=O)NCc2cccc(N3CCCC3=O)c2)cc1C(=O)O. The lowest BCUT2D eigenvalue weighted by atomic mass is 10.2. The molecular weight excluding hydrogens is 336 g/mol. The number of aromatic carboxylic acids is 1. The molecule has 1 saturated heterocycles. The van der Waals surface area contributed by atoms with Crippen LogP contribution in [-0.2, 0) is 17.8 Å². The fraction of sp³-hybridized carbons (Fsp3) is 0.316. The number of amides is 2. The van der Waals surface area contributed by atoms with Crippen LogP contribution < -0.4 is 10.2 Å². The van der Waals surface area contributed by atoms with Crippen molar-refractivity contribution >= 4 is 23.5 Å². The Hall–Kier alpha value is -3.09. The van der Waals surface area contributed by atoms with Crippen LogP contribution in [0.4, 0.5) is 5.69 Å². The second-order valence-electron chi connectivity index (χ2n) is 6.11. The van der Waals surface area contributed by atoms with Crippen LogP contribution in [0.1, 0.15) is 52.0 Å². The van der Waals surface area contributed by atoms with Crippen molar-refractivity contribution in [3.63, 3.8) is 0 Å². The van der Waals surface area contributed by atoms with Crippen molar-refractivity contribution in [2.24, 2.45) is 0 Å². The molecule has 1 aromatic heterocycles. The van der Waals surface area contributed by atoms with Gasteiger partial charge in [-0.2, -0.15) is 0 Å². The van der Waals surface area contributed by atoms with Crippen molar-refractivity contribution in [3.05, 3.63) is 53.0 Å². The quantitative estimate of drug-likeness (QED) is 0.829. The summed E-state index contributed by atoms with van der Waals surface area (Å²) in [7, 11) is 0. The highest BCUT2D eigenvalue weighted by Gasteiger charge is 2.22. The molecule has 7 heteroatoms. The fourth-order valence-electron chi connectivity index (χ4n) is 3.01. The molecule has 1 aromatic carbocycles. The smallest absolute Gasteiger partial charge is 0.339 e. The lowest BCUT2D eigenvalue weighted by Crippen LogP contribution is -2.25. The summed E-state index contributed by atoms with van der Waals surface area (Å²) in [5.41, 5.74) is 1.67. The maximum atomic E-state index is 12.3. The average molecular weight is 356 g/mol. The van der Waals surface area contributed by atoms with Gasteiger partial charge in [0.2, 0.25) is 5.91 Å². The van der Waals surface area contributed by atoms with Crippen molar-refractivity contribution in [2.75, 3.05) is 11.4 Å². The van der Waals surface area contributed by atoms with Gasteiger partial charge in [-0.15, -0.1) is 0 Å². The Labute approximate surface area is 150 Å². The van der Waals surface area contributed by atoms with E-state index in [9.17, 15) is 14.4 Å². The zero-order chi connectivity index (χ0) is 18.7. The van der Waals surface area contributed by atoms with E-state index in [2.05, 4.69) is 5.32 Å². The molecule has 1 fully saturated rings. The normalized spacial score (nSPS) is 13.9. The minimum Gasteiger partial charge on any atom is -0.478 e. The highest BCUT2D eigenvalue weighted by Crippen LogP contribution is 2.22. The third-order valence-corrected chi connectivity index (χ3v) is 4.33. The molecule has 1 aliphatic heterocycles. The Kier molecular flexibility index (Phi) is 5.06. The summed E-state index contributed by atoms with van der Waals surface area (Å²) in [6.45, 7) is 2.72. The van der Waals surface area contributed by atoms with Crippen LogP contribution in [0.25, 0.3) is 0 Å². The molecule has 2 aromatic rings. The van der Waals surface area contributed by atoms with Crippen LogP contribution in [0.15, 0.2) is 34.7 Å². The predicted octanol–water partition coefficient (Wildman–Crippen LogP) is 2.60. The molecule has 7 nitrogen and oxygen atoms in total. The van der Waals surface area contributed by atoms with Gasteiger partial charge in [0.05, 0.1) is 0 Å². The number of hydrogen-bond acceptors (Lipinski definition) is 4. The molecule has 2 N–H and O–H groups in total. The number of anilines is 1. The minimum atomic E-state index is -1.12. The number of carboxylic acid groups (broad SMARTS) is 1. The molecular formula is C19H20N2O5. The van der Waals surface area contributed by atoms with E-state index in [0.29, 0.717) is 19.4 Å². The summed E-state index contributed by atoms with van der Waals surface area (Å²) in [5, 5.41) is 11.9. The molecule has 2 heterocycles. The van der Waals surface area contributed by atoms with Gasteiger partial charge in [0.25, 0.3) is 5.91 Å². The van der Waals surface area contributed by atoms with Gasteiger partial charge in [-0.25, -0.2) is 4.79 Å². The Balaban J connectivity index is 1.68. The van der Waals surface area contributed by atoms with E-state index in [0.717, 1.165) is 17.7 Å². The molecule has 0 saturated carbocycles. The van der Waals surface area contributed by atoms with Gasteiger partial charge in [0.1, 0.15) is 11.3 Å². The summed E-state index contributed by atoms with van der Waals surface area (Å²) in [6, 6.07) is 8.68. The fourth-order valence-corrected chi connectivity index (χ4v) is 3.01.